The van der Waals surface area contributed by atoms with Gasteiger partial charge in [0.2, 0.25) is 5.91 Å². The number of anilines is 1. The van der Waals surface area contributed by atoms with Crippen LogP contribution in [0.2, 0.25) is 0 Å². The van der Waals surface area contributed by atoms with Crippen LogP contribution < -0.4 is 15.5 Å². The standard InChI is InChI=1S/C21H33N7O.HI/c1-22-20(28-7-3-6-21(16-28)12-19(29)25-15-21)24-14-17-4-5-18(23-13-17)27-10-8-26(2)9-11-27;/h4-5,13H,3,6-12,14-16H2,1-2H3,(H,22,24)(H,25,29);1H. The van der Waals surface area contributed by atoms with E-state index in [0.29, 0.717) is 13.0 Å². The molecule has 0 radical (unpaired) electrons. The number of carbonyl (C=O) groups is 1. The number of likely N-dealkylation sites (N-methyl/N-ethyl adjacent to an activating group) is 1. The van der Waals surface area contributed by atoms with Gasteiger partial charge in [0.05, 0.1) is 0 Å². The van der Waals surface area contributed by atoms with Gasteiger partial charge in [0.25, 0.3) is 0 Å². The SMILES string of the molecule is CN=C(NCc1ccc(N2CCN(C)CC2)nc1)N1CCCC2(CNC(=O)C2)C1.I. The third-order valence-corrected chi connectivity index (χ3v) is 6.46. The molecule has 30 heavy (non-hydrogen) atoms. The predicted molar refractivity (Wildman–Crippen MR) is 130 cm³/mol. The maximum Gasteiger partial charge on any atom is 0.220 e. The second-order valence-electron chi connectivity index (χ2n) is 8.69. The van der Waals surface area contributed by atoms with Gasteiger partial charge in [0, 0.05) is 77.4 Å². The van der Waals surface area contributed by atoms with E-state index in [2.05, 4.69) is 54.5 Å². The Hall–Kier alpha value is -1.62. The minimum atomic E-state index is 0. The van der Waals surface area contributed by atoms with Crippen LogP contribution in [-0.2, 0) is 11.3 Å². The molecule has 0 aliphatic carbocycles. The summed E-state index contributed by atoms with van der Waals surface area (Å²) in [6.45, 7) is 7.58. The van der Waals surface area contributed by atoms with E-state index in [1.54, 1.807) is 0 Å². The molecular weight excluding hydrogens is 493 g/mol. The summed E-state index contributed by atoms with van der Waals surface area (Å²) in [6, 6.07) is 4.27. The van der Waals surface area contributed by atoms with E-state index in [9.17, 15) is 4.79 Å². The predicted octanol–water partition coefficient (Wildman–Crippen LogP) is 1.13. The van der Waals surface area contributed by atoms with Gasteiger partial charge in [-0.3, -0.25) is 9.79 Å². The van der Waals surface area contributed by atoms with Crippen molar-refractivity contribution in [3.63, 3.8) is 0 Å². The highest BCUT2D eigenvalue weighted by atomic mass is 127. The second-order valence-corrected chi connectivity index (χ2v) is 8.69. The number of piperidine rings is 1. The van der Waals surface area contributed by atoms with Gasteiger partial charge in [-0.1, -0.05) is 6.07 Å². The van der Waals surface area contributed by atoms with Crippen LogP contribution in [0.1, 0.15) is 24.8 Å². The summed E-state index contributed by atoms with van der Waals surface area (Å²) < 4.78 is 0. The molecule has 0 saturated carbocycles. The van der Waals surface area contributed by atoms with E-state index < -0.39 is 0 Å². The van der Waals surface area contributed by atoms with Gasteiger partial charge in [-0.25, -0.2) is 4.98 Å². The van der Waals surface area contributed by atoms with Crippen LogP contribution in [0.15, 0.2) is 23.3 Å². The number of nitrogens with zero attached hydrogens (tertiary/aromatic N) is 5. The molecule has 1 unspecified atom stereocenters. The first-order valence-electron chi connectivity index (χ1n) is 10.7. The van der Waals surface area contributed by atoms with Crippen molar-refractivity contribution in [2.75, 3.05) is 64.8 Å². The Kier molecular flexibility index (Phi) is 7.78. The zero-order valence-corrected chi connectivity index (χ0v) is 20.4. The van der Waals surface area contributed by atoms with Gasteiger partial charge in [-0.15, -0.1) is 24.0 Å². The molecule has 4 heterocycles. The fourth-order valence-corrected chi connectivity index (χ4v) is 4.69. The first-order chi connectivity index (χ1) is 14.1. The monoisotopic (exact) mass is 527 g/mol. The van der Waals surface area contributed by atoms with Gasteiger partial charge in [-0.05, 0) is 31.5 Å². The molecular formula is C21H34IN7O. The first kappa shape index (κ1) is 23.1. The minimum absolute atomic E-state index is 0. The molecule has 1 spiro atoms. The Morgan fingerprint density at radius 1 is 1.27 bits per heavy atom. The number of nitrogens with one attached hydrogen (secondary N) is 2. The van der Waals surface area contributed by atoms with E-state index in [1.165, 1.54) is 0 Å². The van der Waals surface area contributed by atoms with Gasteiger partial charge < -0.3 is 25.3 Å². The highest BCUT2D eigenvalue weighted by Crippen LogP contribution is 2.36. The van der Waals surface area contributed by atoms with Crippen molar-refractivity contribution in [2.24, 2.45) is 10.4 Å². The average molecular weight is 527 g/mol. The number of hydrogen-bond acceptors (Lipinski definition) is 5. The number of hydrogen-bond donors (Lipinski definition) is 2. The molecule has 8 nitrogen and oxygen atoms in total. The quantitative estimate of drug-likeness (QED) is 0.349. The van der Waals surface area contributed by atoms with Crippen molar-refractivity contribution < 1.29 is 4.79 Å². The average Bonchev–Trinajstić information content (AvgIpc) is 3.09. The Bertz CT molecular complexity index is 748. The molecule has 3 saturated heterocycles. The van der Waals surface area contributed by atoms with Crippen molar-refractivity contribution in [1.29, 1.82) is 0 Å². The third-order valence-electron chi connectivity index (χ3n) is 6.46. The first-order valence-corrected chi connectivity index (χ1v) is 10.7. The number of guanidine groups is 1. The molecule has 166 valence electrons. The van der Waals surface area contributed by atoms with Gasteiger partial charge >= 0.3 is 0 Å². The van der Waals surface area contributed by atoms with Crippen molar-refractivity contribution in [2.45, 2.75) is 25.8 Å². The summed E-state index contributed by atoms with van der Waals surface area (Å²) in [7, 11) is 3.99. The molecule has 2 N–H and O–H groups in total. The molecule has 4 rings (SSSR count). The topological polar surface area (TPSA) is 76.1 Å². The van der Waals surface area contributed by atoms with Crippen molar-refractivity contribution in [1.82, 2.24) is 25.4 Å². The van der Waals surface area contributed by atoms with Crippen molar-refractivity contribution >= 4 is 41.7 Å². The molecule has 1 aromatic rings. The van der Waals surface area contributed by atoms with E-state index in [0.717, 1.165) is 76.0 Å². The molecule has 0 bridgehead atoms. The van der Waals surface area contributed by atoms with Gasteiger partial charge in [0.1, 0.15) is 5.82 Å². The van der Waals surface area contributed by atoms with Gasteiger partial charge in [0.15, 0.2) is 5.96 Å². The zero-order chi connectivity index (χ0) is 20.3. The highest BCUT2D eigenvalue weighted by Gasteiger charge is 2.42. The fraction of sp³-hybridized carbons (Fsp3) is 0.667. The molecule has 3 aliphatic rings. The maximum atomic E-state index is 11.7. The summed E-state index contributed by atoms with van der Waals surface area (Å²) >= 11 is 0. The van der Waals surface area contributed by atoms with Crippen molar-refractivity contribution in [3.05, 3.63) is 23.9 Å². The summed E-state index contributed by atoms with van der Waals surface area (Å²) in [5.41, 5.74) is 1.21. The number of halogens is 1. The normalized spacial score (nSPS) is 25.3. The lowest BCUT2D eigenvalue weighted by molar-refractivity contribution is -0.119. The highest BCUT2D eigenvalue weighted by molar-refractivity contribution is 14.0. The molecule has 3 fully saturated rings. The Labute approximate surface area is 196 Å². The Morgan fingerprint density at radius 3 is 2.70 bits per heavy atom. The van der Waals surface area contributed by atoms with Crippen molar-refractivity contribution in [3.8, 4) is 0 Å². The van der Waals surface area contributed by atoms with Gasteiger partial charge in [-0.2, -0.15) is 0 Å². The maximum absolute atomic E-state index is 11.7. The van der Waals surface area contributed by atoms with Crippen LogP contribution in [0.5, 0.6) is 0 Å². The number of amides is 1. The zero-order valence-electron chi connectivity index (χ0n) is 18.1. The minimum Gasteiger partial charge on any atom is -0.355 e. The lowest BCUT2D eigenvalue weighted by atomic mass is 9.79. The number of rotatable bonds is 3. The largest absolute Gasteiger partial charge is 0.355 e. The summed E-state index contributed by atoms with van der Waals surface area (Å²) in [6.07, 6.45) is 4.80. The van der Waals surface area contributed by atoms with Crippen LogP contribution in [0.25, 0.3) is 0 Å². The lowest BCUT2D eigenvalue weighted by Gasteiger charge is -2.40. The summed E-state index contributed by atoms with van der Waals surface area (Å²) in [5, 5.41) is 6.50. The Morgan fingerprint density at radius 2 is 2.07 bits per heavy atom. The number of aromatic nitrogens is 1. The second kappa shape index (κ2) is 10.1. The number of likely N-dealkylation sites (tertiary alicyclic amines) is 1. The molecule has 9 heteroatoms. The third kappa shape index (κ3) is 5.35. The van der Waals surface area contributed by atoms with Crippen LogP contribution in [-0.4, -0.2) is 86.6 Å². The number of piperazine rings is 1. The summed E-state index contributed by atoms with van der Waals surface area (Å²) in [5.74, 6) is 2.15. The molecule has 1 atom stereocenters. The molecule has 1 aromatic heterocycles. The smallest absolute Gasteiger partial charge is 0.220 e. The van der Waals surface area contributed by atoms with E-state index in [-0.39, 0.29) is 35.3 Å². The Balaban J connectivity index is 0.00000256. The van der Waals surface area contributed by atoms with Crippen LogP contribution in [0, 0.1) is 5.41 Å². The summed E-state index contributed by atoms with van der Waals surface area (Å²) in [4.78, 5) is 27.9. The number of carbonyl (C=O) groups excluding carboxylic acids is 1. The van der Waals surface area contributed by atoms with Crippen LogP contribution in [0.3, 0.4) is 0 Å². The molecule has 3 aliphatic heterocycles. The van der Waals surface area contributed by atoms with E-state index in [4.69, 9.17) is 0 Å². The van der Waals surface area contributed by atoms with E-state index in [1.807, 2.05) is 13.2 Å². The number of aliphatic imine (C=N–C) groups is 1. The molecule has 1 amide bonds. The fourth-order valence-electron chi connectivity index (χ4n) is 4.69. The lowest BCUT2D eigenvalue weighted by Crippen LogP contribution is -2.51. The van der Waals surface area contributed by atoms with Crippen LogP contribution in [0.4, 0.5) is 5.82 Å². The van der Waals surface area contributed by atoms with E-state index >= 15 is 0 Å². The van der Waals surface area contributed by atoms with Crippen LogP contribution >= 0.6 is 24.0 Å². The number of pyridine rings is 1. The molecule has 0 aromatic carbocycles.